The summed E-state index contributed by atoms with van der Waals surface area (Å²) in [5.74, 6) is 0. The second-order valence-corrected chi connectivity index (χ2v) is 2.99. The number of hydrogen-bond acceptors (Lipinski definition) is 2. The monoisotopic (exact) mass is 203 g/mol. The molecule has 2 nitrogen and oxygen atoms in total. The van der Waals surface area contributed by atoms with Crippen LogP contribution in [0.4, 0.5) is 0 Å². The molecule has 0 unspecified atom stereocenters. The van der Waals surface area contributed by atoms with Crippen LogP contribution in [-0.4, -0.2) is 13.3 Å². The van der Waals surface area contributed by atoms with Crippen LogP contribution >= 0.6 is 23.2 Å². The Balaban J connectivity index is 2.93. The van der Waals surface area contributed by atoms with E-state index in [1.54, 1.807) is 18.2 Å². The molecule has 0 bridgehead atoms. The van der Waals surface area contributed by atoms with Crippen molar-refractivity contribution in [2.45, 2.75) is 0 Å². The quantitative estimate of drug-likeness (QED) is 0.536. The van der Waals surface area contributed by atoms with Gasteiger partial charge in [-0.25, -0.2) is 0 Å². The van der Waals surface area contributed by atoms with Crippen molar-refractivity contribution < 1.29 is 4.84 Å². The molecule has 1 aromatic rings. The van der Waals surface area contributed by atoms with Gasteiger partial charge in [-0.1, -0.05) is 28.4 Å². The number of oxime groups is 1. The molecule has 0 saturated carbocycles. The Morgan fingerprint density at radius 3 is 2.33 bits per heavy atom. The molecular weight excluding hydrogens is 197 g/mol. The van der Waals surface area contributed by atoms with Crippen molar-refractivity contribution in [2.75, 3.05) is 7.11 Å². The van der Waals surface area contributed by atoms with Gasteiger partial charge in [0.05, 0.1) is 6.21 Å². The molecule has 0 aliphatic heterocycles. The van der Waals surface area contributed by atoms with E-state index < -0.39 is 0 Å². The number of benzene rings is 1. The molecule has 0 aromatic heterocycles. The Kier molecular flexibility index (Phi) is 3.38. The molecule has 0 fully saturated rings. The van der Waals surface area contributed by atoms with Crippen molar-refractivity contribution in [1.82, 2.24) is 0 Å². The summed E-state index contributed by atoms with van der Waals surface area (Å²) in [7, 11) is 1.47. The number of nitrogens with zero attached hydrogens (tertiary/aromatic N) is 1. The maximum Gasteiger partial charge on any atom is 0.106 e. The SMILES string of the molecule is CO/N=C/c1cc(Cl)cc(Cl)c1. The molecule has 64 valence electrons. The smallest absolute Gasteiger partial charge is 0.106 e. The molecule has 0 amide bonds. The molecule has 0 aliphatic rings. The van der Waals surface area contributed by atoms with Gasteiger partial charge in [-0.3, -0.25) is 0 Å². The molecule has 0 saturated heterocycles. The molecule has 4 heteroatoms. The lowest BCUT2D eigenvalue weighted by atomic mass is 10.2. The highest BCUT2D eigenvalue weighted by Gasteiger charge is 1.94. The van der Waals surface area contributed by atoms with Gasteiger partial charge in [0.2, 0.25) is 0 Å². The van der Waals surface area contributed by atoms with Gasteiger partial charge < -0.3 is 4.84 Å². The van der Waals surface area contributed by atoms with Crippen molar-refractivity contribution in [3.63, 3.8) is 0 Å². The third-order valence-electron chi connectivity index (χ3n) is 1.19. The molecule has 1 aromatic carbocycles. The standard InChI is InChI=1S/C8H7Cl2NO/c1-12-11-5-6-2-7(9)4-8(10)3-6/h2-5H,1H3/b11-5+. The van der Waals surface area contributed by atoms with Crippen LogP contribution in [-0.2, 0) is 4.84 Å². The van der Waals surface area contributed by atoms with Crippen LogP contribution in [0.15, 0.2) is 23.4 Å². The average Bonchev–Trinajstić information content (AvgIpc) is 1.99. The molecule has 0 atom stereocenters. The van der Waals surface area contributed by atoms with E-state index in [-0.39, 0.29) is 0 Å². The lowest BCUT2D eigenvalue weighted by molar-refractivity contribution is 0.215. The summed E-state index contributed by atoms with van der Waals surface area (Å²) in [6.07, 6.45) is 1.54. The fourth-order valence-corrected chi connectivity index (χ4v) is 1.31. The minimum Gasteiger partial charge on any atom is -0.399 e. The van der Waals surface area contributed by atoms with Gasteiger partial charge in [-0.2, -0.15) is 0 Å². The van der Waals surface area contributed by atoms with E-state index in [1.807, 2.05) is 0 Å². The Morgan fingerprint density at radius 1 is 1.25 bits per heavy atom. The highest BCUT2D eigenvalue weighted by atomic mass is 35.5. The van der Waals surface area contributed by atoms with E-state index in [0.717, 1.165) is 5.56 Å². The second-order valence-electron chi connectivity index (χ2n) is 2.12. The fraction of sp³-hybridized carbons (Fsp3) is 0.125. The van der Waals surface area contributed by atoms with E-state index in [4.69, 9.17) is 23.2 Å². The second kappa shape index (κ2) is 4.33. The van der Waals surface area contributed by atoms with Crippen LogP contribution in [0.5, 0.6) is 0 Å². The molecule has 12 heavy (non-hydrogen) atoms. The van der Waals surface area contributed by atoms with Gasteiger partial charge in [-0.15, -0.1) is 0 Å². The van der Waals surface area contributed by atoms with Gasteiger partial charge in [0.15, 0.2) is 0 Å². The van der Waals surface area contributed by atoms with Crippen LogP contribution in [0.25, 0.3) is 0 Å². The molecule has 0 N–H and O–H groups in total. The van der Waals surface area contributed by atoms with E-state index in [2.05, 4.69) is 9.99 Å². The van der Waals surface area contributed by atoms with Crippen LogP contribution in [0.1, 0.15) is 5.56 Å². The summed E-state index contributed by atoms with van der Waals surface area (Å²) in [5.41, 5.74) is 0.814. The van der Waals surface area contributed by atoms with Crippen molar-refractivity contribution in [2.24, 2.45) is 5.16 Å². The summed E-state index contributed by atoms with van der Waals surface area (Å²) in [4.78, 5) is 4.51. The predicted octanol–water partition coefficient (Wildman–Crippen LogP) is 2.97. The van der Waals surface area contributed by atoms with Gasteiger partial charge in [0, 0.05) is 10.0 Å². The summed E-state index contributed by atoms with van der Waals surface area (Å²) in [6.45, 7) is 0. The van der Waals surface area contributed by atoms with Crippen molar-refractivity contribution in [1.29, 1.82) is 0 Å². The summed E-state index contributed by atoms with van der Waals surface area (Å²) >= 11 is 11.5. The highest BCUT2D eigenvalue weighted by molar-refractivity contribution is 6.35. The molecule has 0 aliphatic carbocycles. The Hall–Kier alpha value is -0.730. The fourth-order valence-electron chi connectivity index (χ4n) is 0.763. The van der Waals surface area contributed by atoms with Crippen LogP contribution in [0.3, 0.4) is 0 Å². The third-order valence-corrected chi connectivity index (χ3v) is 1.63. The van der Waals surface area contributed by atoms with E-state index in [9.17, 15) is 0 Å². The molecule has 0 heterocycles. The van der Waals surface area contributed by atoms with E-state index >= 15 is 0 Å². The van der Waals surface area contributed by atoms with Crippen molar-refractivity contribution in [3.05, 3.63) is 33.8 Å². The first-order valence-electron chi connectivity index (χ1n) is 3.25. The van der Waals surface area contributed by atoms with E-state index in [0.29, 0.717) is 10.0 Å². The maximum absolute atomic E-state index is 5.74. The zero-order valence-corrected chi connectivity index (χ0v) is 7.93. The van der Waals surface area contributed by atoms with Crippen LogP contribution < -0.4 is 0 Å². The Bertz CT molecular complexity index is 279. The van der Waals surface area contributed by atoms with Gasteiger partial charge >= 0.3 is 0 Å². The van der Waals surface area contributed by atoms with Crippen LogP contribution in [0, 0.1) is 0 Å². The summed E-state index contributed by atoms with van der Waals surface area (Å²) in [6, 6.07) is 5.15. The number of halogens is 2. The normalized spacial score (nSPS) is 10.6. The molecule has 0 spiro atoms. The predicted molar refractivity (Wildman–Crippen MR) is 51.1 cm³/mol. The summed E-state index contributed by atoms with van der Waals surface area (Å²) < 4.78 is 0. The number of hydrogen-bond donors (Lipinski definition) is 0. The van der Waals surface area contributed by atoms with Crippen molar-refractivity contribution in [3.8, 4) is 0 Å². The first kappa shape index (κ1) is 9.36. The first-order valence-corrected chi connectivity index (χ1v) is 4.00. The molecular formula is C8H7Cl2NO. The molecule has 1 rings (SSSR count). The Labute approximate surface area is 80.7 Å². The van der Waals surface area contributed by atoms with E-state index in [1.165, 1.54) is 13.3 Å². The average molecular weight is 204 g/mol. The zero-order chi connectivity index (χ0) is 8.97. The first-order chi connectivity index (χ1) is 5.72. The lowest BCUT2D eigenvalue weighted by Gasteiger charge is -1.95. The molecule has 0 radical (unpaired) electrons. The van der Waals surface area contributed by atoms with Crippen LogP contribution in [0.2, 0.25) is 10.0 Å². The summed E-state index contributed by atoms with van der Waals surface area (Å²) in [5, 5.41) is 4.75. The third kappa shape index (κ3) is 2.72. The largest absolute Gasteiger partial charge is 0.399 e. The zero-order valence-electron chi connectivity index (χ0n) is 6.42. The minimum absolute atomic E-state index is 0.583. The topological polar surface area (TPSA) is 21.6 Å². The van der Waals surface area contributed by atoms with Gasteiger partial charge in [-0.05, 0) is 23.8 Å². The van der Waals surface area contributed by atoms with Crippen molar-refractivity contribution >= 4 is 29.4 Å². The highest BCUT2D eigenvalue weighted by Crippen LogP contribution is 2.17. The van der Waals surface area contributed by atoms with Gasteiger partial charge in [0.1, 0.15) is 7.11 Å². The number of rotatable bonds is 2. The lowest BCUT2D eigenvalue weighted by Crippen LogP contribution is -1.81. The Morgan fingerprint density at radius 2 is 1.83 bits per heavy atom. The van der Waals surface area contributed by atoms with Gasteiger partial charge in [0.25, 0.3) is 0 Å². The minimum atomic E-state index is 0.583. The maximum atomic E-state index is 5.74.